The summed E-state index contributed by atoms with van der Waals surface area (Å²) in [5, 5.41) is 8.95. The third-order valence-electron chi connectivity index (χ3n) is 9.46. The van der Waals surface area contributed by atoms with Gasteiger partial charge < -0.3 is 28.8 Å². The van der Waals surface area contributed by atoms with Gasteiger partial charge in [0.1, 0.15) is 12.5 Å². The quantitative estimate of drug-likeness (QED) is 0.0219. The summed E-state index contributed by atoms with van der Waals surface area (Å²) in [5.74, 6) is 0.861. The van der Waals surface area contributed by atoms with Gasteiger partial charge in [-0.3, -0.25) is 14.4 Å². The molecule has 0 amide bonds. The van der Waals surface area contributed by atoms with Gasteiger partial charge in [0.25, 0.3) is 0 Å². The molecule has 0 saturated carbocycles. The average molecular weight is 751 g/mol. The van der Waals surface area contributed by atoms with Gasteiger partial charge in [0.15, 0.2) is 0 Å². The molecule has 0 aliphatic rings. The highest BCUT2D eigenvalue weighted by Gasteiger charge is 2.18. The first-order valence-electron chi connectivity index (χ1n) is 20.8. The monoisotopic (exact) mass is 751 g/mol. The number of unbranched alkanes of at least 4 members (excludes halogenated alkanes) is 10. The Bertz CT molecular complexity index is 989. The van der Waals surface area contributed by atoms with E-state index in [0.29, 0.717) is 56.0 Å². The molecule has 0 saturated heterocycles. The van der Waals surface area contributed by atoms with Crippen molar-refractivity contribution < 1.29 is 43.2 Å². The molecule has 9 nitrogen and oxygen atoms in total. The average Bonchev–Trinajstić information content (AvgIpc) is 3.12. The van der Waals surface area contributed by atoms with Crippen LogP contribution in [-0.4, -0.2) is 56.0 Å². The molecule has 0 aromatic rings. The maximum absolute atomic E-state index is 12.3. The molecule has 0 radical (unpaired) electrons. The fourth-order valence-electron chi connectivity index (χ4n) is 5.72. The molecule has 0 aromatic heterocycles. The van der Waals surface area contributed by atoms with Gasteiger partial charge in [-0.2, -0.15) is 0 Å². The Morgan fingerprint density at radius 1 is 0.623 bits per heavy atom. The third-order valence-corrected chi connectivity index (χ3v) is 9.46. The molecule has 4 atom stereocenters. The summed E-state index contributed by atoms with van der Waals surface area (Å²) in [6.45, 7) is 18.6. The van der Waals surface area contributed by atoms with Crippen molar-refractivity contribution in [3.63, 3.8) is 0 Å². The number of hydrogen-bond donors (Lipinski definition) is 1. The van der Waals surface area contributed by atoms with Crippen LogP contribution in [0.5, 0.6) is 0 Å². The molecule has 9 heteroatoms. The van der Waals surface area contributed by atoms with Crippen molar-refractivity contribution in [3.05, 3.63) is 37.0 Å². The number of allylic oxidation sites excluding steroid dienone is 3. The fourth-order valence-corrected chi connectivity index (χ4v) is 5.72. The molecular weight excluding hydrogens is 672 g/mol. The SMILES string of the molecule is C=C(CC(CO/C=C\O)COC(=O)CCCCCCCC)OCC(C/C=C\CC(C)CCOC(=O)CC(C)COC(=O)CCCCCCCC)C(C)C. The lowest BCUT2D eigenvalue weighted by Crippen LogP contribution is -2.20. The van der Waals surface area contributed by atoms with E-state index >= 15 is 0 Å². The summed E-state index contributed by atoms with van der Waals surface area (Å²) < 4.78 is 27.9. The first kappa shape index (κ1) is 50.0. The summed E-state index contributed by atoms with van der Waals surface area (Å²) >= 11 is 0. The molecular formula is C44H78O9. The van der Waals surface area contributed by atoms with Gasteiger partial charge in [-0.05, 0) is 49.9 Å². The second kappa shape index (κ2) is 34.8. The maximum Gasteiger partial charge on any atom is 0.306 e. The Hall–Kier alpha value is -2.97. The zero-order valence-corrected chi connectivity index (χ0v) is 34.6. The van der Waals surface area contributed by atoms with Crippen LogP contribution in [0.1, 0.15) is 164 Å². The molecule has 1 N–H and O–H groups in total. The van der Waals surface area contributed by atoms with E-state index in [0.717, 1.165) is 64.0 Å². The lowest BCUT2D eigenvalue weighted by Gasteiger charge is -2.23. The zero-order chi connectivity index (χ0) is 39.5. The predicted octanol–water partition coefficient (Wildman–Crippen LogP) is 11.4. The number of carbonyl (C=O) groups is 3. The zero-order valence-electron chi connectivity index (χ0n) is 34.6. The molecule has 0 aliphatic carbocycles. The summed E-state index contributed by atoms with van der Waals surface area (Å²) in [5.41, 5.74) is 0. The third kappa shape index (κ3) is 32.2. The van der Waals surface area contributed by atoms with Crippen LogP contribution in [0.15, 0.2) is 37.0 Å². The van der Waals surface area contributed by atoms with Crippen LogP contribution in [-0.2, 0) is 38.1 Å². The molecule has 0 heterocycles. The van der Waals surface area contributed by atoms with Crippen molar-refractivity contribution in [2.75, 3.05) is 33.0 Å². The largest absolute Gasteiger partial charge is 0.512 e. The van der Waals surface area contributed by atoms with E-state index in [1.54, 1.807) is 0 Å². The second-order valence-corrected chi connectivity index (χ2v) is 15.3. The lowest BCUT2D eigenvalue weighted by molar-refractivity contribution is -0.150. The Balaban J connectivity index is 4.39. The van der Waals surface area contributed by atoms with Crippen molar-refractivity contribution in [2.45, 2.75) is 164 Å². The first-order chi connectivity index (χ1) is 25.5. The van der Waals surface area contributed by atoms with Gasteiger partial charge >= 0.3 is 17.9 Å². The van der Waals surface area contributed by atoms with Crippen LogP contribution in [0.3, 0.4) is 0 Å². The van der Waals surface area contributed by atoms with Gasteiger partial charge in [0.2, 0.25) is 0 Å². The van der Waals surface area contributed by atoms with Crippen LogP contribution >= 0.6 is 0 Å². The number of hydrogen-bond acceptors (Lipinski definition) is 9. The van der Waals surface area contributed by atoms with E-state index in [2.05, 4.69) is 53.3 Å². The number of ether oxygens (including phenoxy) is 5. The molecule has 0 fully saturated rings. The van der Waals surface area contributed by atoms with Crippen LogP contribution in [0.2, 0.25) is 0 Å². The summed E-state index contributed by atoms with van der Waals surface area (Å²) in [7, 11) is 0. The van der Waals surface area contributed by atoms with Gasteiger partial charge in [-0.1, -0.05) is 124 Å². The minimum Gasteiger partial charge on any atom is -0.512 e. The van der Waals surface area contributed by atoms with Crippen LogP contribution < -0.4 is 0 Å². The van der Waals surface area contributed by atoms with E-state index in [-0.39, 0.29) is 56.0 Å². The topological polar surface area (TPSA) is 118 Å². The van der Waals surface area contributed by atoms with Gasteiger partial charge in [0.05, 0.1) is 45.2 Å². The summed E-state index contributed by atoms with van der Waals surface area (Å²) in [6.07, 6.45) is 24.0. The smallest absolute Gasteiger partial charge is 0.306 e. The molecule has 0 spiro atoms. The second-order valence-electron chi connectivity index (χ2n) is 15.3. The van der Waals surface area contributed by atoms with Gasteiger partial charge in [-0.25, -0.2) is 0 Å². The Morgan fingerprint density at radius 3 is 1.77 bits per heavy atom. The van der Waals surface area contributed by atoms with Crippen LogP contribution in [0, 0.1) is 29.6 Å². The predicted molar refractivity (Wildman–Crippen MR) is 214 cm³/mol. The summed E-state index contributed by atoms with van der Waals surface area (Å²) in [6, 6.07) is 0. The van der Waals surface area contributed by atoms with E-state index in [4.69, 9.17) is 28.8 Å². The van der Waals surface area contributed by atoms with Crippen molar-refractivity contribution in [1.82, 2.24) is 0 Å². The highest BCUT2D eigenvalue weighted by atomic mass is 16.5. The number of rotatable bonds is 36. The van der Waals surface area contributed by atoms with E-state index in [1.807, 2.05) is 6.92 Å². The van der Waals surface area contributed by atoms with Crippen LogP contribution in [0.25, 0.3) is 0 Å². The maximum atomic E-state index is 12.3. The molecule has 0 bridgehead atoms. The number of aliphatic hydroxyl groups excluding tert-OH is 1. The molecule has 4 unspecified atom stereocenters. The van der Waals surface area contributed by atoms with Crippen molar-refractivity contribution in [2.24, 2.45) is 29.6 Å². The first-order valence-corrected chi connectivity index (χ1v) is 20.8. The summed E-state index contributed by atoms with van der Waals surface area (Å²) in [4.78, 5) is 36.6. The molecule has 0 rings (SSSR count). The normalized spacial score (nSPS) is 13.9. The number of aliphatic hydroxyl groups is 1. The van der Waals surface area contributed by atoms with E-state index in [9.17, 15) is 14.4 Å². The fraction of sp³-hybridized carbons (Fsp3) is 0.795. The number of esters is 3. The van der Waals surface area contributed by atoms with Gasteiger partial charge in [-0.15, -0.1) is 0 Å². The van der Waals surface area contributed by atoms with Crippen molar-refractivity contribution >= 4 is 17.9 Å². The molecule has 0 aromatic carbocycles. The van der Waals surface area contributed by atoms with Gasteiger partial charge in [0, 0.05) is 31.1 Å². The highest BCUT2D eigenvalue weighted by Crippen LogP contribution is 2.21. The minimum atomic E-state index is -0.251. The van der Waals surface area contributed by atoms with E-state index in [1.165, 1.54) is 44.8 Å². The molecule has 308 valence electrons. The Morgan fingerprint density at radius 2 is 1.19 bits per heavy atom. The van der Waals surface area contributed by atoms with Crippen molar-refractivity contribution in [3.8, 4) is 0 Å². The van der Waals surface area contributed by atoms with E-state index < -0.39 is 0 Å². The highest BCUT2D eigenvalue weighted by molar-refractivity contribution is 5.70. The lowest BCUT2D eigenvalue weighted by atomic mass is 9.92. The molecule has 0 aliphatic heterocycles. The number of carbonyl (C=O) groups excluding carboxylic acids is 3. The Kier molecular flexibility index (Phi) is 32.8. The minimum absolute atomic E-state index is 0.0691. The molecule has 53 heavy (non-hydrogen) atoms. The Labute approximate surface area is 323 Å². The van der Waals surface area contributed by atoms with Crippen LogP contribution in [0.4, 0.5) is 0 Å². The standard InChI is InChI=1S/C44H78O9/c1-8-10-12-14-16-18-24-42(46)52-32-38(6)30-44(48)50-28-26-37(5)22-20-21-23-41(36(3)4)35-51-39(7)31-40(33-49-29-27-45)34-53-43(47)25-19-17-15-13-11-9-2/h20-21,27,29,36-38,40-41,45H,7-19,22-26,28,30-35H2,1-6H3/b21-20-,29-27-. The van der Waals surface area contributed by atoms with Crippen molar-refractivity contribution in [1.29, 1.82) is 0 Å².